The minimum atomic E-state index is -4.42. The quantitative estimate of drug-likeness (QED) is 0.416. The van der Waals surface area contributed by atoms with E-state index in [4.69, 9.17) is 0 Å². The standard InChI is InChI=1S/C28H27F4N5O/c29-24-3-1-2-20(13-24)25-14-26(35-34-25)22-12-21(19-4-6-23(7-5-19)28(30,31)32)16-37(17-22)27(38)36-10-8-18(15-33)9-11-36/h1-7,13-14,18,21-22H,8-12,16-17H2,(H,34,35). The highest BCUT2D eigenvalue weighted by Crippen LogP contribution is 2.38. The summed E-state index contributed by atoms with van der Waals surface area (Å²) in [5.41, 5.74) is 1.99. The molecule has 1 N–H and O–H groups in total. The Kier molecular flexibility index (Phi) is 7.11. The van der Waals surface area contributed by atoms with E-state index >= 15 is 0 Å². The fourth-order valence-corrected chi connectivity index (χ4v) is 5.41. The number of urea groups is 1. The van der Waals surface area contributed by atoms with Crippen molar-refractivity contribution in [2.75, 3.05) is 26.2 Å². The maximum atomic E-state index is 13.7. The molecule has 2 atom stereocenters. The number of halogens is 4. The Morgan fingerprint density at radius 2 is 1.71 bits per heavy atom. The summed E-state index contributed by atoms with van der Waals surface area (Å²) in [7, 11) is 0. The minimum absolute atomic E-state index is 0.0562. The molecule has 0 bridgehead atoms. The van der Waals surface area contributed by atoms with Gasteiger partial charge in [-0.25, -0.2) is 9.18 Å². The van der Waals surface area contributed by atoms with Crippen molar-refractivity contribution < 1.29 is 22.4 Å². The Labute approximate surface area is 217 Å². The second-order valence-corrected chi connectivity index (χ2v) is 10.0. The largest absolute Gasteiger partial charge is 0.416 e. The van der Waals surface area contributed by atoms with Gasteiger partial charge in [-0.3, -0.25) is 5.10 Å². The molecule has 6 nitrogen and oxygen atoms in total. The van der Waals surface area contributed by atoms with Crippen molar-refractivity contribution in [2.24, 2.45) is 5.92 Å². The number of aromatic amines is 1. The van der Waals surface area contributed by atoms with Crippen LogP contribution in [-0.2, 0) is 6.18 Å². The summed E-state index contributed by atoms with van der Waals surface area (Å²) in [5, 5.41) is 16.6. The Balaban J connectivity index is 1.40. The molecule has 2 saturated heterocycles. The number of amides is 2. The lowest BCUT2D eigenvalue weighted by atomic mass is 9.82. The Hall–Kier alpha value is -3.87. The lowest BCUT2D eigenvalue weighted by molar-refractivity contribution is -0.137. The molecule has 2 aliphatic heterocycles. The molecule has 1 aromatic heterocycles. The van der Waals surface area contributed by atoms with Gasteiger partial charge in [-0.15, -0.1) is 0 Å². The molecule has 10 heteroatoms. The number of H-pyrrole nitrogens is 1. The zero-order valence-electron chi connectivity index (χ0n) is 20.6. The third-order valence-corrected chi connectivity index (χ3v) is 7.54. The first kappa shape index (κ1) is 25.8. The van der Waals surface area contributed by atoms with Crippen LogP contribution in [-0.4, -0.2) is 52.2 Å². The van der Waals surface area contributed by atoms with E-state index in [-0.39, 0.29) is 29.6 Å². The second kappa shape index (κ2) is 10.5. The zero-order chi connectivity index (χ0) is 26.9. The molecule has 0 aliphatic carbocycles. The van der Waals surface area contributed by atoms with Gasteiger partial charge in [-0.1, -0.05) is 24.3 Å². The van der Waals surface area contributed by atoms with E-state index in [1.807, 2.05) is 6.07 Å². The fraction of sp³-hybridized carbons (Fsp3) is 0.393. The number of carbonyl (C=O) groups is 1. The topological polar surface area (TPSA) is 76.0 Å². The van der Waals surface area contributed by atoms with Gasteiger partial charge < -0.3 is 9.80 Å². The van der Waals surface area contributed by atoms with Gasteiger partial charge in [0.1, 0.15) is 5.82 Å². The summed E-state index contributed by atoms with van der Waals surface area (Å²) < 4.78 is 53.1. The van der Waals surface area contributed by atoms with Crippen molar-refractivity contribution in [3.05, 3.63) is 77.2 Å². The first-order chi connectivity index (χ1) is 18.2. The van der Waals surface area contributed by atoms with Gasteiger partial charge in [-0.05, 0) is 55.2 Å². The molecule has 0 spiro atoms. The molecule has 2 aliphatic rings. The Morgan fingerprint density at radius 1 is 1.00 bits per heavy atom. The molecule has 38 heavy (non-hydrogen) atoms. The van der Waals surface area contributed by atoms with Gasteiger partial charge in [0.15, 0.2) is 0 Å². The van der Waals surface area contributed by atoms with Gasteiger partial charge in [0.25, 0.3) is 0 Å². The molecule has 2 unspecified atom stereocenters. The van der Waals surface area contributed by atoms with Gasteiger partial charge >= 0.3 is 12.2 Å². The third kappa shape index (κ3) is 5.52. The third-order valence-electron chi connectivity index (χ3n) is 7.54. The number of nitriles is 1. The van der Waals surface area contributed by atoms with E-state index in [0.29, 0.717) is 56.7 Å². The number of nitrogens with zero attached hydrogens (tertiary/aromatic N) is 4. The number of hydrogen-bond acceptors (Lipinski definition) is 3. The number of benzene rings is 2. The molecule has 198 valence electrons. The Morgan fingerprint density at radius 3 is 2.37 bits per heavy atom. The lowest BCUT2D eigenvalue weighted by Gasteiger charge is -2.41. The van der Waals surface area contributed by atoms with Crippen LogP contribution in [0, 0.1) is 23.1 Å². The lowest BCUT2D eigenvalue weighted by Crippen LogP contribution is -2.51. The number of carbonyl (C=O) groups excluding carboxylic acids is 1. The van der Waals surface area contributed by atoms with E-state index < -0.39 is 11.7 Å². The number of hydrogen-bond donors (Lipinski definition) is 1. The normalized spacial score (nSPS) is 20.8. The molecule has 5 rings (SSSR count). The van der Waals surface area contributed by atoms with Crippen LogP contribution in [0.15, 0.2) is 54.6 Å². The SMILES string of the molecule is N#CC1CCN(C(=O)N2CC(c3ccc(C(F)(F)F)cc3)CC(c3cc(-c4cccc(F)c4)n[nH]3)C2)CC1. The predicted molar refractivity (Wildman–Crippen MR) is 132 cm³/mol. The monoisotopic (exact) mass is 525 g/mol. The summed E-state index contributed by atoms with van der Waals surface area (Å²) in [5.74, 6) is -0.757. The predicted octanol–water partition coefficient (Wildman–Crippen LogP) is 6.16. The molecular weight excluding hydrogens is 498 g/mol. The van der Waals surface area contributed by atoms with Crippen LogP contribution < -0.4 is 0 Å². The highest BCUT2D eigenvalue weighted by Gasteiger charge is 2.36. The number of alkyl halides is 3. The van der Waals surface area contributed by atoms with Crippen molar-refractivity contribution in [3.8, 4) is 17.3 Å². The van der Waals surface area contributed by atoms with Crippen LogP contribution in [0.3, 0.4) is 0 Å². The van der Waals surface area contributed by atoms with Crippen molar-refractivity contribution in [1.82, 2.24) is 20.0 Å². The number of piperidine rings is 2. The van der Waals surface area contributed by atoms with E-state index in [9.17, 15) is 27.6 Å². The van der Waals surface area contributed by atoms with Crippen LogP contribution in [0.5, 0.6) is 0 Å². The zero-order valence-corrected chi connectivity index (χ0v) is 20.6. The summed E-state index contributed by atoms with van der Waals surface area (Å²) in [6, 6.07) is 15.2. The fourth-order valence-electron chi connectivity index (χ4n) is 5.41. The molecule has 2 amide bonds. The van der Waals surface area contributed by atoms with Crippen LogP contribution in [0.4, 0.5) is 22.4 Å². The minimum Gasteiger partial charge on any atom is -0.325 e. The van der Waals surface area contributed by atoms with E-state index in [1.165, 1.54) is 24.3 Å². The second-order valence-electron chi connectivity index (χ2n) is 10.0. The van der Waals surface area contributed by atoms with Crippen molar-refractivity contribution in [2.45, 2.75) is 37.3 Å². The number of rotatable bonds is 3. The summed E-state index contributed by atoms with van der Waals surface area (Å²) in [6.07, 6.45) is -2.57. The maximum Gasteiger partial charge on any atom is 0.416 e. The molecule has 0 saturated carbocycles. The van der Waals surface area contributed by atoms with Gasteiger partial charge in [0.2, 0.25) is 0 Å². The highest BCUT2D eigenvalue weighted by atomic mass is 19.4. The van der Waals surface area contributed by atoms with Crippen molar-refractivity contribution >= 4 is 6.03 Å². The maximum absolute atomic E-state index is 13.7. The molecule has 2 aromatic carbocycles. The first-order valence-electron chi connectivity index (χ1n) is 12.6. The van der Waals surface area contributed by atoms with Crippen LogP contribution in [0.1, 0.15) is 47.9 Å². The number of nitrogens with one attached hydrogen (secondary N) is 1. The Bertz CT molecular complexity index is 1320. The van der Waals surface area contributed by atoms with Gasteiger partial charge in [0.05, 0.1) is 17.3 Å². The number of aromatic nitrogens is 2. The first-order valence-corrected chi connectivity index (χ1v) is 12.6. The van der Waals surface area contributed by atoms with Crippen molar-refractivity contribution in [1.29, 1.82) is 5.26 Å². The summed E-state index contributed by atoms with van der Waals surface area (Å²) in [6.45, 7) is 1.79. The molecule has 3 heterocycles. The van der Waals surface area contributed by atoms with E-state index in [0.717, 1.165) is 23.4 Å². The van der Waals surface area contributed by atoms with Crippen LogP contribution in [0.2, 0.25) is 0 Å². The molecule has 3 aromatic rings. The molecule has 0 radical (unpaired) electrons. The summed E-state index contributed by atoms with van der Waals surface area (Å²) >= 11 is 0. The van der Waals surface area contributed by atoms with Gasteiger partial charge in [-0.2, -0.15) is 23.5 Å². The van der Waals surface area contributed by atoms with Crippen LogP contribution in [0.25, 0.3) is 11.3 Å². The highest BCUT2D eigenvalue weighted by molar-refractivity contribution is 5.75. The van der Waals surface area contributed by atoms with E-state index in [2.05, 4.69) is 16.3 Å². The smallest absolute Gasteiger partial charge is 0.325 e. The molecular formula is C28H27F4N5O. The van der Waals surface area contributed by atoms with Gasteiger partial charge in [0, 0.05) is 55.2 Å². The number of likely N-dealkylation sites (tertiary alicyclic amines) is 2. The van der Waals surface area contributed by atoms with Crippen LogP contribution >= 0.6 is 0 Å². The van der Waals surface area contributed by atoms with E-state index in [1.54, 1.807) is 21.9 Å². The molecule has 2 fully saturated rings. The average molecular weight is 526 g/mol. The van der Waals surface area contributed by atoms with Crippen molar-refractivity contribution in [3.63, 3.8) is 0 Å². The average Bonchev–Trinajstić information content (AvgIpc) is 3.43. The summed E-state index contributed by atoms with van der Waals surface area (Å²) in [4.78, 5) is 17.0.